The molecule has 3 aromatic rings. The molecule has 0 saturated carbocycles. The molecule has 1 unspecified atom stereocenters. The van der Waals surface area contributed by atoms with E-state index < -0.39 is 0 Å². The average Bonchev–Trinajstić information content (AvgIpc) is 3.01. The third-order valence-corrected chi connectivity index (χ3v) is 5.25. The van der Waals surface area contributed by atoms with E-state index in [1.54, 1.807) is 0 Å². The summed E-state index contributed by atoms with van der Waals surface area (Å²) in [5.74, 6) is 0. The van der Waals surface area contributed by atoms with Gasteiger partial charge in [-0.3, -0.25) is 0 Å². The van der Waals surface area contributed by atoms with Crippen molar-refractivity contribution in [2.24, 2.45) is 0 Å². The maximum absolute atomic E-state index is 4.34. The minimum absolute atomic E-state index is 0.474. The Morgan fingerprint density at radius 1 is 1.32 bits per heavy atom. The van der Waals surface area contributed by atoms with Crippen molar-refractivity contribution in [3.8, 4) is 0 Å². The molecule has 0 spiro atoms. The summed E-state index contributed by atoms with van der Waals surface area (Å²) >= 11 is 1.92. The highest BCUT2D eigenvalue weighted by Gasteiger charge is 2.25. The Labute approximate surface area is 116 Å². The summed E-state index contributed by atoms with van der Waals surface area (Å²) in [7, 11) is 0. The molecule has 3 heterocycles. The van der Waals surface area contributed by atoms with Crippen LogP contribution >= 0.6 is 11.3 Å². The van der Waals surface area contributed by atoms with Crippen molar-refractivity contribution in [3.63, 3.8) is 0 Å². The van der Waals surface area contributed by atoms with Crippen LogP contribution in [0.5, 0.6) is 0 Å². The minimum atomic E-state index is 0.474. The van der Waals surface area contributed by atoms with Gasteiger partial charge in [0.15, 0.2) is 0 Å². The number of rotatable bonds is 1. The molecule has 96 valence electrons. The highest BCUT2D eigenvalue weighted by atomic mass is 32.1. The summed E-state index contributed by atoms with van der Waals surface area (Å²) in [6.07, 6.45) is 7.68. The Balaban J connectivity index is 1.95. The van der Waals surface area contributed by atoms with Crippen LogP contribution in [-0.4, -0.2) is 9.55 Å². The number of fused-ring (bicyclic) bond motifs is 2. The average molecular weight is 268 g/mol. The lowest BCUT2D eigenvalue weighted by molar-refractivity contribution is 0.459. The highest BCUT2D eigenvalue weighted by Crippen LogP contribution is 2.40. The van der Waals surface area contributed by atoms with E-state index in [0.29, 0.717) is 6.04 Å². The maximum Gasteiger partial charge on any atom is 0.0953 e. The van der Waals surface area contributed by atoms with Crippen molar-refractivity contribution in [3.05, 3.63) is 52.9 Å². The van der Waals surface area contributed by atoms with Gasteiger partial charge in [-0.15, -0.1) is 11.3 Å². The third-order valence-electron chi connectivity index (χ3n) is 4.15. The van der Waals surface area contributed by atoms with E-state index in [9.17, 15) is 0 Å². The van der Waals surface area contributed by atoms with Crippen molar-refractivity contribution in [1.29, 1.82) is 0 Å². The van der Waals surface area contributed by atoms with E-state index in [0.717, 1.165) is 6.42 Å². The second kappa shape index (κ2) is 4.20. The van der Waals surface area contributed by atoms with Gasteiger partial charge in [0, 0.05) is 21.5 Å². The summed E-state index contributed by atoms with van der Waals surface area (Å²) in [5.41, 5.74) is 2.89. The third kappa shape index (κ3) is 1.65. The van der Waals surface area contributed by atoms with E-state index in [2.05, 4.69) is 40.7 Å². The number of aryl methyl sites for hydroxylation is 2. The molecule has 0 saturated heterocycles. The van der Waals surface area contributed by atoms with Gasteiger partial charge in [-0.05, 0) is 43.2 Å². The molecule has 2 aromatic heterocycles. The van der Waals surface area contributed by atoms with Crippen LogP contribution in [0.4, 0.5) is 0 Å². The molecule has 4 rings (SSSR count). The van der Waals surface area contributed by atoms with E-state index >= 15 is 0 Å². The predicted molar refractivity (Wildman–Crippen MR) is 79.9 cm³/mol. The Bertz CT molecular complexity index is 738. The van der Waals surface area contributed by atoms with Gasteiger partial charge in [0.2, 0.25) is 0 Å². The molecule has 1 atom stereocenters. The predicted octanol–water partition coefficient (Wildman–Crippen LogP) is 4.33. The topological polar surface area (TPSA) is 17.8 Å². The Morgan fingerprint density at radius 3 is 3.16 bits per heavy atom. The molecule has 1 aromatic carbocycles. The first-order valence-corrected chi connectivity index (χ1v) is 7.65. The molecule has 0 radical (unpaired) electrons. The van der Waals surface area contributed by atoms with Gasteiger partial charge >= 0.3 is 0 Å². The fraction of sp³-hybridized carbons (Fsp3) is 0.312. The molecule has 3 heteroatoms. The maximum atomic E-state index is 4.34. The number of benzene rings is 1. The number of imidazole rings is 1. The SMILES string of the molecule is Cc1sc2ccccc2c1C1CCCc2cncn21. The summed E-state index contributed by atoms with van der Waals surface area (Å²) in [6.45, 7) is 2.26. The molecule has 0 fully saturated rings. The highest BCUT2D eigenvalue weighted by molar-refractivity contribution is 7.19. The van der Waals surface area contributed by atoms with Gasteiger partial charge in [-0.25, -0.2) is 4.98 Å². The van der Waals surface area contributed by atoms with Crippen molar-refractivity contribution in [2.75, 3.05) is 0 Å². The summed E-state index contributed by atoms with van der Waals surface area (Å²) in [4.78, 5) is 5.79. The number of aromatic nitrogens is 2. The van der Waals surface area contributed by atoms with Crippen LogP contribution in [0.3, 0.4) is 0 Å². The van der Waals surface area contributed by atoms with Crippen LogP contribution in [0, 0.1) is 6.92 Å². The van der Waals surface area contributed by atoms with E-state index in [-0.39, 0.29) is 0 Å². The molecular weight excluding hydrogens is 252 g/mol. The van der Waals surface area contributed by atoms with Gasteiger partial charge in [0.05, 0.1) is 12.4 Å². The Hall–Kier alpha value is -1.61. The Kier molecular flexibility index (Phi) is 2.49. The van der Waals surface area contributed by atoms with Crippen LogP contribution in [0.2, 0.25) is 0 Å². The molecule has 19 heavy (non-hydrogen) atoms. The van der Waals surface area contributed by atoms with Gasteiger partial charge in [-0.2, -0.15) is 0 Å². The van der Waals surface area contributed by atoms with Gasteiger partial charge < -0.3 is 4.57 Å². The molecule has 1 aliphatic heterocycles. The molecular formula is C16H16N2S. The fourth-order valence-corrected chi connectivity index (χ4v) is 4.43. The van der Waals surface area contributed by atoms with Crippen molar-refractivity contribution < 1.29 is 0 Å². The van der Waals surface area contributed by atoms with Gasteiger partial charge in [0.1, 0.15) is 0 Å². The zero-order valence-corrected chi connectivity index (χ0v) is 11.8. The Morgan fingerprint density at radius 2 is 2.21 bits per heavy atom. The number of thiophene rings is 1. The standard InChI is InChI=1S/C16H16N2S/c1-11-16(13-6-2-3-8-15(13)19-11)14-7-4-5-12-9-17-10-18(12)14/h2-3,6,8-10,14H,4-5,7H2,1H3. The van der Waals surface area contributed by atoms with Crippen molar-refractivity contribution >= 4 is 21.4 Å². The lowest BCUT2D eigenvalue weighted by Crippen LogP contribution is -2.18. The fourth-order valence-electron chi connectivity index (χ4n) is 3.31. The largest absolute Gasteiger partial charge is 0.327 e. The second-order valence-electron chi connectivity index (χ2n) is 5.27. The van der Waals surface area contributed by atoms with Crippen molar-refractivity contribution in [1.82, 2.24) is 9.55 Å². The lowest BCUT2D eigenvalue weighted by Gasteiger charge is -2.26. The molecule has 0 N–H and O–H groups in total. The zero-order valence-electron chi connectivity index (χ0n) is 11.0. The quantitative estimate of drug-likeness (QED) is 0.642. The second-order valence-corrected chi connectivity index (χ2v) is 6.52. The molecule has 2 nitrogen and oxygen atoms in total. The van der Waals surface area contributed by atoms with Gasteiger partial charge in [-0.1, -0.05) is 18.2 Å². The summed E-state index contributed by atoms with van der Waals surface area (Å²) in [5, 5.41) is 1.43. The number of nitrogens with zero attached hydrogens (tertiary/aromatic N) is 2. The molecule has 0 bridgehead atoms. The van der Waals surface area contributed by atoms with Crippen LogP contribution < -0.4 is 0 Å². The van der Waals surface area contributed by atoms with Crippen LogP contribution in [-0.2, 0) is 6.42 Å². The normalized spacial score (nSPS) is 18.7. The first-order chi connectivity index (χ1) is 9.34. The van der Waals surface area contributed by atoms with E-state index in [4.69, 9.17) is 0 Å². The van der Waals surface area contributed by atoms with Crippen molar-refractivity contribution in [2.45, 2.75) is 32.2 Å². The molecule has 1 aliphatic rings. The summed E-state index contributed by atoms with van der Waals surface area (Å²) < 4.78 is 3.78. The van der Waals surface area contributed by atoms with Crippen LogP contribution in [0.25, 0.3) is 10.1 Å². The zero-order chi connectivity index (χ0) is 12.8. The van der Waals surface area contributed by atoms with Crippen LogP contribution in [0.15, 0.2) is 36.8 Å². The number of hydrogen-bond donors (Lipinski definition) is 0. The number of hydrogen-bond acceptors (Lipinski definition) is 2. The monoisotopic (exact) mass is 268 g/mol. The summed E-state index contributed by atoms with van der Waals surface area (Å²) in [6, 6.07) is 9.25. The first kappa shape index (κ1) is 11.2. The van der Waals surface area contributed by atoms with E-state index in [1.165, 1.54) is 39.1 Å². The smallest absolute Gasteiger partial charge is 0.0953 e. The van der Waals surface area contributed by atoms with Gasteiger partial charge in [0.25, 0.3) is 0 Å². The molecule has 0 aliphatic carbocycles. The molecule has 0 amide bonds. The minimum Gasteiger partial charge on any atom is -0.327 e. The van der Waals surface area contributed by atoms with E-state index in [1.807, 2.05) is 23.9 Å². The van der Waals surface area contributed by atoms with Crippen LogP contribution in [0.1, 0.15) is 35.0 Å². The lowest BCUT2D eigenvalue weighted by atomic mass is 9.94. The first-order valence-electron chi connectivity index (χ1n) is 6.83.